The lowest BCUT2D eigenvalue weighted by atomic mass is 9.92. The number of carbonyl (C=O) groups is 3. The largest absolute Gasteiger partial charge is 0.342 e. The number of nitrogens with one attached hydrogen (secondary N) is 1. The lowest BCUT2D eigenvalue weighted by Crippen LogP contribution is -2.49. The number of benzene rings is 2. The summed E-state index contributed by atoms with van der Waals surface area (Å²) in [6, 6.07) is 16.3. The van der Waals surface area contributed by atoms with Gasteiger partial charge in [0.05, 0.1) is 5.92 Å². The van der Waals surface area contributed by atoms with Crippen molar-refractivity contribution >= 4 is 35.0 Å². The van der Waals surface area contributed by atoms with Crippen LogP contribution in [0.25, 0.3) is 0 Å². The predicted molar refractivity (Wildman–Crippen MR) is 124 cm³/mol. The van der Waals surface area contributed by atoms with Crippen LogP contribution in [0.4, 0.5) is 5.69 Å². The Balaban J connectivity index is 1.29. The van der Waals surface area contributed by atoms with Gasteiger partial charge in [-0.05, 0) is 62.1 Å². The highest BCUT2D eigenvalue weighted by molar-refractivity contribution is 6.30. The molecule has 0 bridgehead atoms. The van der Waals surface area contributed by atoms with Crippen molar-refractivity contribution in [3.8, 4) is 0 Å². The van der Waals surface area contributed by atoms with Crippen molar-refractivity contribution in [2.24, 2.45) is 11.8 Å². The van der Waals surface area contributed by atoms with Gasteiger partial charge in [-0.1, -0.05) is 29.8 Å². The van der Waals surface area contributed by atoms with Crippen LogP contribution in [0.2, 0.25) is 5.02 Å². The van der Waals surface area contributed by atoms with Gasteiger partial charge in [-0.3, -0.25) is 14.4 Å². The highest BCUT2D eigenvalue weighted by Gasteiger charge is 2.34. The molecule has 2 aliphatic rings. The number of hydrogen-bond acceptors (Lipinski definition) is 3. The smallest absolute Gasteiger partial charge is 0.253 e. The number of rotatable bonds is 4. The fraction of sp³-hybridized carbons (Fsp3) is 0.400. The zero-order valence-electron chi connectivity index (χ0n) is 18.0. The minimum atomic E-state index is -0.185. The number of amides is 3. The molecule has 7 heteroatoms. The van der Waals surface area contributed by atoms with Gasteiger partial charge in [0.15, 0.2) is 0 Å². The Kier molecular flexibility index (Phi) is 7.10. The van der Waals surface area contributed by atoms with E-state index in [1.165, 1.54) is 0 Å². The molecule has 0 aromatic heterocycles. The van der Waals surface area contributed by atoms with Crippen LogP contribution in [0.1, 0.15) is 36.0 Å². The van der Waals surface area contributed by atoms with Crippen LogP contribution in [0.15, 0.2) is 54.6 Å². The Hall–Kier alpha value is -2.86. The third kappa shape index (κ3) is 5.30. The maximum absolute atomic E-state index is 13.1. The Labute approximate surface area is 193 Å². The topological polar surface area (TPSA) is 69.7 Å². The van der Waals surface area contributed by atoms with Crippen LogP contribution >= 0.6 is 11.6 Å². The zero-order valence-corrected chi connectivity index (χ0v) is 18.8. The van der Waals surface area contributed by atoms with Crippen LogP contribution in [0.5, 0.6) is 0 Å². The third-order valence-electron chi connectivity index (χ3n) is 6.37. The first-order chi connectivity index (χ1) is 15.5. The van der Waals surface area contributed by atoms with E-state index in [1.54, 1.807) is 29.2 Å². The van der Waals surface area contributed by atoms with Crippen LogP contribution in [-0.4, -0.2) is 53.7 Å². The summed E-state index contributed by atoms with van der Waals surface area (Å²) < 4.78 is 0. The molecular formula is C25H28ClN3O3. The Morgan fingerprint density at radius 2 is 1.50 bits per heavy atom. The molecular weight excluding hydrogens is 426 g/mol. The summed E-state index contributed by atoms with van der Waals surface area (Å²) in [5, 5.41) is 3.55. The minimum absolute atomic E-state index is 0.0145. The number of para-hydroxylation sites is 1. The summed E-state index contributed by atoms with van der Waals surface area (Å²) in [6.45, 7) is 2.25. The lowest BCUT2D eigenvalue weighted by molar-refractivity contribution is -0.139. The van der Waals surface area contributed by atoms with Gasteiger partial charge in [0.2, 0.25) is 11.8 Å². The second-order valence-corrected chi connectivity index (χ2v) is 8.99. The number of piperidine rings is 2. The molecule has 2 fully saturated rings. The first kappa shape index (κ1) is 22.3. The molecule has 0 radical (unpaired) electrons. The maximum atomic E-state index is 13.1. The summed E-state index contributed by atoms with van der Waals surface area (Å²) in [5.74, 6) is -0.222. The second-order valence-electron chi connectivity index (χ2n) is 8.55. The molecule has 2 aromatic rings. The normalized spacial score (nSPS) is 19.5. The zero-order chi connectivity index (χ0) is 22.5. The van der Waals surface area contributed by atoms with E-state index in [-0.39, 0.29) is 29.6 Å². The van der Waals surface area contributed by atoms with Crippen molar-refractivity contribution in [1.82, 2.24) is 9.80 Å². The van der Waals surface area contributed by atoms with E-state index in [1.807, 2.05) is 35.2 Å². The second kappa shape index (κ2) is 10.2. The molecule has 2 aliphatic heterocycles. The quantitative estimate of drug-likeness (QED) is 0.758. The molecule has 0 unspecified atom stereocenters. The number of halogens is 1. The Morgan fingerprint density at radius 1 is 0.812 bits per heavy atom. The van der Waals surface area contributed by atoms with E-state index in [9.17, 15) is 14.4 Å². The fourth-order valence-corrected chi connectivity index (χ4v) is 4.65. The average molecular weight is 454 g/mol. The molecule has 0 aliphatic carbocycles. The van der Waals surface area contributed by atoms with Crippen molar-refractivity contribution in [3.05, 3.63) is 65.2 Å². The summed E-state index contributed by atoms with van der Waals surface area (Å²) in [7, 11) is 0. The number of likely N-dealkylation sites (tertiary alicyclic amines) is 2. The molecule has 32 heavy (non-hydrogen) atoms. The summed E-state index contributed by atoms with van der Waals surface area (Å²) in [4.78, 5) is 42.2. The van der Waals surface area contributed by atoms with Crippen LogP contribution in [0.3, 0.4) is 0 Å². The van der Waals surface area contributed by atoms with Gasteiger partial charge >= 0.3 is 0 Å². The van der Waals surface area contributed by atoms with Gasteiger partial charge in [0.1, 0.15) is 0 Å². The number of carbonyl (C=O) groups excluding carboxylic acids is 3. The van der Waals surface area contributed by atoms with Crippen molar-refractivity contribution in [1.29, 1.82) is 0 Å². The SMILES string of the molecule is O=C(Nc1ccccc1)C1CCN(C(=O)[C@@H]2CCCN(C(=O)c3ccc(Cl)cc3)C2)CC1. The first-order valence-corrected chi connectivity index (χ1v) is 11.6. The monoisotopic (exact) mass is 453 g/mol. The highest BCUT2D eigenvalue weighted by Crippen LogP contribution is 2.25. The maximum Gasteiger partial charge on any atom is 0.253 e. The predicted octanol–water partition coefficient (Wildman–Crippen LogP) is 4.07. The molecule has 1 N–H and O–H groups in total. The van der Waals surface area contributed by atoms with Gasteiger partial charge in [0, 0.05) is 48.4 Å². The van der Waals surface area contributed by atoms with Crippen molar-refractivity contribution < 1.29 is 14.4 Å². The summed E-state index contributed by atoms with van der Waals surface area (Å²) >= 11 is 5.92. The molecule has 4 rings (SSSR count). The highest BCUT2D eigenvalue weighted by atomic mass is 35.5. The molecule has 0 saturated carbocycles. The van der Waals surface area contributed by atoms with E-state index in [0.717, 1.165) is 18.5 Å². The van der Waals surface area contributed by atoms with Gasteiger partial charge in [-0.15, -0.1) is 0 Å². The van der Waals surface area contributed by atoms with Gasteiger partial charge in [-0.2, -0.15) is 0 Å². The minimum Gasteiger partial charge on any atom is -0.342 e. The van der Waals surface area contributed by atoms with Crippen LogP contribution < -0.4 is 5.32 Å². The van der Waals surface area contributed by atoms with Gasteiger partial charge in [0.25, 0.3) is 5.91 Å². The number of anilines is 1. The molecule has 2 heterocycles. The van der Waals surface area contributed by atoms with Crippen LogP contribution in [0, 0.1) is 11.8 Å². The lowest BCUT2D eigenvalue weighted by Gasteiger charge is -2.37. The first-order valence-electron chi connectivity index (χ1n) is 11.2. The molecule has 2 saturated heterocycles. The molecule has 168 valence electrons. The summed E-state index contributed by atoms with van der Waals surface area (Å²) in [5.41, 5.74) is 1.39. The van der Waals surface area contributed by atoms with Crippen molar-refractivity contribution in [2.75, 3.05) is 31.5 Å². The molecule has 1 atom stereocenters. The number of nitrogens with zero attached hydrogens (tertiary/aromatic N) is 2. The van der Waals surface area contributed by atoms with E-state index >= 15 is 0 Å². The average Bonchev–Trinajstić information content (AvgIpc) is 2.84. The van der Waals surface area contributed by atoms with Crippen molar-refractivity contribution in [3.63, 3.8) is 0 Å². The third-order valence-corrected chi connectivity index (χ3v) is 6.62. The molecule has 2 aromatic carbocycles. The molecule has 0 spiro atoms. The Bertz CT molecular complexity index is 956. The number of hydrogen-bond donors (Lipinski definition) is 1. The molecule has 6 nitrogen and oxygen atoms in total. The molecule has 3 amide bonds. The fourth-order valence-electron chi connectivity index (χ4n) is 4.52. The van der Waals surface area contributed by atoms with E-state index < -0.39 is 0 Å². The van der Waals surface area contributed by atoms with Crippen molar-refractivity contribution in [2.45, 2.75) is 25.7 Å². The summed E-state index contributed by atoms with van der Waals surface area (Å²) in [6.07, 6.45) is 2.92. The van der Waals surface area contributed by atoms with Crippen LogP contribution in [-0.2, 0) is 9.59 Å². The Morgan fingerprint density at radius 3 is 2.19 bits per heavy atom. The van der Waals surface area contributed by atoms with E-state index in [4.69, 9.17) is 11.6 Å². The van der Waals surface area contributed by atoms with Gasteiger partial charge < -0.3 is 15.1 Å². The standard InChI is InChI=1S/C25H28ClN3O3/c26-21-10-8-19(9-11-21)24(31)29-14-4-5-20(17-29)25(32)28-15-12-18(13-16-28)23(30)27-22-6-2-1-3-7-22/h1-3,6-11,18,20H,4-5,12-17H2,(H,27,30)/t20-/m1/s1. The van der Waals surface area contributed by atoms with Gasteiger partial charge in [-0.25, -0.2) is 0 Å². The van der Waals surface area contributed by atoms with E-state index in [0.29, 0.717) is 49.6 Å². The van der Waals surface area contributed by atoms with E-state index in [2.05, 4.69) is 5.32 Å².